The lowest BCUT2D eigenvalue weighted by Crippen LogP contribution is -2.22. The van der Waals surface area contributed by atoms with E-state index in [1.54, 1.807) is 0 Å². The van der Waals surface area contributed by atoms with Crippen molar-refractivity contribution in [3.63, 3.8) is 0 Å². The maximum absolute atomic E-state index is 2.49. The van der Waals surface area contributed by atoms with E-state index in [4.69, 9.17) is 0 Å². The molecule has 0 aliphatic carbocycles. The number of unbranched alkanes of at least 4 members (excludes halogenated alkanes) is 8. The average molecular weight is 398 g/mol. The molecule has 0 amide bonds. The Morgan fingerprint density at radius 3 is 1.86 bits per heavy atom. The lowest BCUT2D eigenvalue weighted by Gasteiger charge is -2.28. The molecule has 2 rings (SSSR count). The summed E-state index contributed by atoms with van der Waals surface area (Å²) in [5.74, 6) is 1.24. The van der Waals surface area contributed by atoms with E-state index in [1.807, 2.05) is 0 Å². The monoisotopic (exact) mass is 397 g/mol. The summed E-state index contributed by atoms with van der Waals surface area (Å²) in [7, 11) is 2.26. The molecule has 1 atom stereocenters. The summed E-state index contributed by atoms with van der Waals surface area (Å²) in [6.07, 6.45) is 12.6. The molecule has 0 aliphatic rings. The van der Waals surface area contributed by atoms with Gasteiger partial charge in [0.15, 0.2) is 0 Å². The normalized spacial score (nSPS) is 12.4. The van der Waals surface area contributed by atoms with Gasteiger partial charge in [0.25, 0.3) is 0 Å². The van der Waals surface area contributed by atoms with Crippen LogP contribution in [0.25, 0.3) is 0 Å². The number of hydrogen-bond acceptors (Lipinski definition) is 2. The van der Waals surface area contributed by atoms with E-state index in [0.29, 0.717) is 5.37 Å². The van der Waals surface area contributed by atoms with Crippen LogP contribution in [-0.2, 0) is 6.54 Å². The summed E-state index contributed by atoms with van der Waals surface area (Å²) in [6, 6.07) is 21.8. The first kappa shape index (κ1) is 23.0. The molecule has 2 aromatic rings. The average Bonchev–Trinajstić information content (AvgIpc) is 2.73. The Hall–Kier alpha value is -1.25. The number of rotatable bonds is 15. The summed E-state index contributed by atoms with van der Waals surface area (Å²) in [5.41, 5.74) is 2.80. The fourth-order valence-corrected chi connectivity index (χ4v) is 4.93. The minimum atomic E-state index is 0.426. The molecule has 154 valence electrons. The zero-order chi connectivity index (χ0) is 19.9. The van der Waals surface area contributed by atoms with Crippen molar-refractivity contribution in [2.24, 2.45) is 0 Å². The van der Waals surface area contributed by atoms with E-state index < -0.39 is 0 Å². The summed E-state index contributed by atoms with van der Waals surface area (Å²) in [6.45, 7) is 3.28. The summed E-state index contributed by atoms with van der Waals surface area (Å²) in [4.78, 5) is 2.49. The largest absolute Gasteiger partial charge is 0.287 e. The molecule has 0 bridgehead atoms. The molecule has 0 radical (unpaired) electrons. The van der Waals surface area contributed by atoms with Gasteiger partial charge in [-0.3, -0.25) is 4.90 Å². The van der Waals surface area contributed by atoms with Crippen LogP contribution in [0.3, 0.4) is 0 Å². The Balaban J connectivity index is 1.73. The zero-order valence-electron chi connectivity index (χ0n) is 18.0. The van der Waals surface area contributed by atoms with Gasteiger partial charge in [0.1, 0.15) is 0 Å². The molecule has 0 saturated heterocycles. The number of benzene rings is 2. The molecule has 0 saturated carbocycles. The van der Waals surface area contributed by atoms with E-state index in [2.05, 4.69) is 91.3 Å². The number of hydrogen-bond donors (Lipinski definition) is 0. The third-order valence-corrected chi connectivity index (χ3v) is 6.76. The van der Waals surface area contributed by atoms with Crippen LogP contribution in [0.4, 0.5) is 0 Å². The first-order valence-electron chi connectivity index (χ1n) is 11.2. The molecule has 1 unspecified atom stereocenters. The predicted octanol–water partition coefficient (Wildman–Crippen LogP) is 8.08. The van der Waals surface area contributed by atoms with E-state index in [0.717, 1.165) is 6.54 Å². The van der Waals surface area contributed by atoms with Crippen LogP contribution in [0.1, 0.15) is 81.2 Å². The highest BCUT2D eigenvalue weighted by Gasteiger charge is 2.17. The third kappa shape index (κ3) is 9.30. The van der Waals surface area contributed by atoms with Gasteiger partial charge >= 0.3 is 0 Å². The van der Waals surface area contributed by atoms with Crippen molar-refractivity contribution < 1.29 is 0 Å². The van der Waals surface area contributed by atoms with Crippen molar-refractivity contribution in [2.75, 3.05) is 12.8 Å². The van der Waals surface area contributed by atoms with Gasteiger partial charge in [0, 0.05) is 6.54 Å². The highest BCUT2D eigenvalue weighted by atomic mass is 32.2. The van der Waals surface area contributed by atoms with Crippen molar-refractivity contribution in [2.45, 2.75) is 76.6 Å². The molecule has 0 N–H and O–H groups in total. The highest BCUT2D eigenvalue weighted by molar-refractivity contribution is 7.99. The van der Waals surface area contributed by atoms with Gasteiger partial charge < -0.3 is 0 Å². The second kappa shape index (κ2) is 14.7. The van der Waals surface area contributed by atoms with Gasteiger partial charge in [-0.05, 0) is 30.3 Å². The summed E-state index contributed by atoms with van der Waals surface area (Å²) < 4.78 is 0. The second-order valence-electron chi connectivity index (χ2n) is 7.86. The van der Waals surface area contributed by atoms with Crippen LogP contribution >= 0.6 is 11.8 Å². The molecular weight excluding hydrogens is 358 g/mol. The summed E-state index contributed by atoms with van der Waals surface area (Å²) in [5, 5.41) is 0.426. The first-order valence-corrected chi connectivity index (χ1v) is 12.3. The van der Waals surface area contributed by atoms with E-state index in [1.165, 1.54) is 74.7 Å². The quantitative estimate of drug-likeness (QED) is 0.221. The van der Waals surface area contributed by atoms with Gasteiger partial charge in [-0.25, -0.2) is 0 Å². The van der Waals surface area contributed by atoms with Crippen molar-refractivity contribution in [1.82, 2.24) is 4.90 Å². The number of nitrogens with zero attached hydrogens (tertiary/aromatic N) is 1. The van der Waals surface area contributed by atoms with Gasteiger partial charge in [-0.1, -0.05) is 119 Å². The Bertz CT molecular complexity index is 598. The molecular formula is C26H39NS. The Morgan fingerprint density at radius 1 is 0.714 bits per heavy atom. The number of thioether (sulfide) groups is 1. The maximum Gasteiger partial charge on any atom is 0.0814 e. The minimum Gasteiger partial charge on any atom is -0.287 e. The van der Waals surface area contributed by atoms with Crippen molar-refractivity contribution in [3.8, 4) is 0 Å². The van der Waals surface area contributed by atoms with Gasteiger partial charge in [0.2, 0.25) is 0 Å². The standard InChI is InChI=1S/C26H39NS/c1-3-4-5-6-7-8-9-10-17-22-28-26(25-20-15-12-16-21-25)27(2)23-24-18-13-11-14-19-24/h11-16,18-21,26H,3-10,17,22-23H2,1-2H3. The Labute approximate surface area is 177 Å². The predicted molar refractivity (Wildman–Crippen MR) is 127 cm³/mol. The van der Waals surface area contributed by atoms with Crippen LogP contribution < -0.4 is 0 Å². The fraction of sp³-hybridized carbons (Fsp3) is 0.538. The van der Waals surface area contributed by atoms with Gasteiger partial charge in [0.05, 0.1) is 5.37 Å². The van der Waals surface area contributed by atoms with Crippen LogP contribution in [0.2, 0.25) is 0 Å². The fourth-order valence-electron chi connectivity index (χ4n) is 3.66. The molecule has 0 aromatic heterocycles. The Kier molecular flexibility index (Phi) is 12.1. The minimum absolute atomic E-state index is 0.426. The molecule has 0 spiro atoms. The topological polar surface area (TPSA) is 3.24 Å². The smallest absolute Gasteiger partial charge is 0.0814 e. The van der Waals surface area contributed by atoms with Crippen molar-refractivity contribution in [1.29, 1.82) is 0 Å². The second-order valence-corrected chi connectivity index (χ2v) is 9.05. The molecule has 28 heavy (non-hydrogen) atoms. The lowest BCUT2D eigenvalue weighted by atomic mass is 10.1. The van der Waals surface area contributed by atoms with Gasteiger partial charge in [-0.15, -0.1) is 11.8 Å². The van der Waals surface area contributed by atoms with E-state index in [-0.39, 0.29) is 0 Å². The van der Waals surface area contributed by atoms with Crippen molar-refractivity contribution >= 4 is 11.8 Å². The molecule has 0 heterocycles. The molecule has 0 fully saturated rings. The van der Waals surface area contributed by atoms with Crippen LogP contribution in [0.5, 0.6) is 0 Å². The van der Waals surface area contributed by atoms with Crippen LogP contribution in [0, 0.1) is 0 Å². The molecule has 0 aliphatic heterocycles. The highest BCUT2D eigenvalue weighted by Crippen LogP contribution is 2.33. The van der Waals surface area contributed by atoms with Crippen LogP contribution in [-0.4, -0.2) is 17.7 Å². The lowest BCUT2D eigenvalue weighted by molar-refractivity contribution is 0.310. The summed E-state index contributed by atoms with van der Waals surface area (Å²) >= 11 is 2.10. The van der Waals surface area contributed by atoms with E-state index >= 15 is 0 Å². The van der Waals surface area contributed by atoms with E-state index in [9.17, 15) is 0 Å². The molecule has 2 aromatic carbocycles. The Morgan fingerprint density at radius 2 is 1.25 bits per heavy atom. The molecule has 1 nitrogen and oxygen atoms in total. The SMILES string of the molecule is CCCCCCCCCCCSC(c1ccccc1)N(C)Cc1ccccc1. The van der Waals surface area contributed by atoms with Crippen LogP contribution in [0.15, 0.2) is 60.7 Å². The third-order valence-electron chi connectivity index (χ3n) is 5.28. The molecule has 2 heteroatoms. The first-order chi connectivity index (χ1) is 13.8. The van der Waals surface area contributed by atoms with Gasteiger partial charge in [-0.2, -0.15) is 0 Å². The zero-order valence-corrected chi connectivity index (χ0v) is 18.8. The van der Waals surface area contributed by atoms with Crippen molar-refractivity contribution in [3.05, 3.63) is 71.8 Å². The maximum atomic E-state index is 2.49.